The second-order valence-electron chi connectivity index (χ2n) is 3.96. The van der Waals surface area contributed by atoms with Gasteiger partial charge in [0.1, 0.15) is 0 Å². The molecule has 2 fully saturated rings. The Balaban J connectivity index is 2.10. The number of amides is 1. The normalized spacial score (nSPS) is 41.8. The fraction of sp³-hybridized carbons (Fsp3) is 0.889. The molecule has 1 amide bonds. The lowest BCUT2D eigenvalue weighted by molar-refractivity contribution is -0.124. The van der Waals surface area contributed by atoms with E-state index in [2.05, 4.69) is 17.6 Å². The second-order valence-corrected chi connectivity index (χ2v) is 3.96. The summed E-state index contributed by atoms with van der Waals surface area (Å²) in [5.41, 5.74) is 0. The Hall–Kier alpha value is -0.570. The van der Waals surface area contributed by atoms with Crippen LogP contribution in [0.3, 0.4) is 0 Å². The average Bonchev–Trinajstić information content (AvgIpc) is 2.44. The van der Waals surface area contributed by atoms with Crippen molar-refractivity contribution in [2.24, 2.45) is 5.92 Å². The van der Waals surface area contributed by atoms with Crippen molar-refractivity contribution in [3.63, 3.8) is 0 Å². The van der Waals surface area contributed by atoms with Gasteiger partial charge in [-0.25, -0.2) is 0 Å². The highest BCUT2D eigenvalue weighted by Crippen LogP contribution is 2.27. The van der Waals surface area contributed by atoms with Crippen LogP contribution in [0, 0.1) is 5.92 Å². The average molecular weight is 168 g/mol. The summed E-state index contributed by atoms with van der Waals surface area (Å²) in [5, 5.41) is 6.45. The van der Waals surface area contributed by atoms with E-state index in [4.69, 9.17) is 0 Å². The first-order valence-corrected chi connectivity index (χ1v) is 4.81. The van der Waals surface area contributed by atoms with Gasteiger partial charge in [-0.3, -0.25) is 4.79 Å². The molecule has 0 spiro atoms. The minimum Gasteiger partial charge on any atom is -0.354 e. The molecule has 0 aromatic carbocycles. The van der Waals surface area contributed by atoms with Gasteiger partial charge in [0.15, 0.2) is 0 Å². The number of carbonyl (C=O) groups is 1. The number of hydrogen-bond acceptors (Lipinski definition) is 2. The van der Waals surface area contributed by atoms with Crippen molar-refractivity contribution in [1.82, 2.24) is 10.6 Å². The lowest BCUT2D eigenvalue weighted by atomic mass is 10.0. The van der Waals surface area contributed by atoms with E-state index in [1.165, 1.54) is 12.8 Å². The first-order chi connectivity index (χ1) is 5.77. The van der Waals surface area contributed by atoms with E-state index in [1.807, 2.05) is 0 Å². The molecule has 68 valence electrons. The van der Waals surface area contributed by atoms with Gasteiger partial charge in [-0.1, -0.05) is 6.42 Å². The summed E-state index contributed by atoms with van der Waals surface area (Å²) in [5.74, 6) is 0.504. The van der Waals surface area contributed by atoms with Gasteiger partial charge in [0, 0.05) is 18.6 Å². The van der Waals surface area contributed by atoms with Crippen LogP contribution in [-0.4, -0.2) is 24.5 Å². The predicted molar refractivity (Wildman–Crippen MR) is 46.7 cm³/mol. The summed E-state index contributed by atoms with van der Waals surface area (Å²) in [4.78, 5) is 11.5. The van der Waals surface area contributed by atoms with Crippen molar-refractivity contribution in [3.8, 4) is 0 Å². The zero-order chi connectivity index (χ0) is 8.55. The smallest absolute Gasteiger partial charge is 0.224 e. The summed E-state index contributed by atoms with van der Waals surface area (Å²) >= 11 is 0. The van der Waals surface area contributed by atoms with E-state index in [0.717, 1.165) is 13.0 Å². The SMILES string of the molecule is CC1CNC(=O)C2CCCC2N1. The lowest BCUT2D eigenvalue weighted by Crippen LogP contribution is -2.38. The van der Waals surface area contributed by atoms with Crippen molar-refractivity contribution in [2.45, 2.75) is 38.3 Å². The molecule has 2 N–H and O–H groups in total. The van der Waals surface area contributed by atoms with Crippen LogP contribution in [0.4, 0.5) is 0 Å². The van der Waals surface area contributed by atoms with E-state index in [9.17, 15) is 4.79 Å². The maximum atomic E-state index is 11.5. The molecule has 0 bridgehead atoms. The molecule has 0 radical (unpaired) electrons. The van der Waals surface area contributed by atoms with E-state index < -0.39 is 0 Å². The van der Waals surface area contributed by atoms with Gasteiger partial charge in [-0.05, 0) is 19.8 Å². The zero-order valence-corrected chi connectivity index (χ0v) is 7.47. The van der Waals surface area contributed by atoms with Crippen LogP contribution in [0.5, 0.6) is 0 Å². The number of fused-ring (bicyclic) bond motifs is 1. The van der Waals surface area contributed by atoms with Gasteiger partial charge in [0.25, 0.3) is 0 Å². The molecule has 2 aliphatic rings. The standard InChI is InChI=1S/C9H16N2O/c1-6-5-10-9(12)7-3-2-4-8(7)11-6/h6-8,11H,2-5H2,1H3,(H,10,12). The Labute approximate surface area is 72.9 Å². The molecule has 3 atom stereocenters. The first kappa shape index (κ1) is 8.05. The molecule has 3 nitrogen and oxygen atoms in total. The third kappa shape index (κ3) is 1.33. The molecule has 1 heterocycles. The topological polar surface area (TPSA) is 41.1 Å². The van der Waals surface area contributed by atoms with Crippen LogP contribution in [0.1, 0.15) is 26.2 Å². The van der Waals surface area contributed by atoms with Crippen LogP contribution in [0.15, 0.2) is 0 Å². The number of rotatable bonds is 0. The molecule has 1 saturated carbocycles. The number of hydrogen-bond donors (Lipinski definition) is 2. The fourth-order valence-corrected chi connectivity index (χ4v) is 2.28. The van der Waals surface area contributed by atoms with Crippen molar-refractivity contribution < 1.29 is 4.79 Å². The van der Waals surface area contributed by atoms with Crippen LogP contribution >= 0.6 is 0 Å². The maximum absolute atomic E-state index is 11.5. The summed E-state index contributed by atoms with van der Waals surface area (Å²) in [6, 6.07) is 0.879. The Morgan fingerprint density at radius 1 is 1.42 bits per heavy atom. The third-order valence-corrected chi connectivity index (χ3v) is 2.93. The van der Waals surface area contributed by atoms with Crippen molar-refractivity contribution in [1.29, 1.82) is 0 Å². The van der Waals surface area contributed by atoms with Gasteiger partial charge >= 0.3 is 0 Å². The van der Waals surface area contributed by atoms with Gasteiger partial charge in [0.05, 0.1) is 5.92 Å². The minimum absolute atomic E-state index is 0.245. The van der Waals surface area contributed by atoms with Crippen LogP contribution in [0.2, 0.25) is 0 Å². The molecule has 2 rings (SSSR count). The molecule has 3 heteroatoms. The summed E-state index contributed by atoms with van der Waals surface area (Å²) in [7, 11) is 0. The first-order valence-electron chi connectivity index (χ1n) is 4.81. The van der Waals surface area contributed by atoms with Crippen LogP contribution in [-0.2, 0) is 4.79 Å². The number of nitrogens with one attached hydrogen (secondary N) is 2. The van der Waals surface area contributed by atoms with Gasteiger partial charge in [-0.15, -0.1) is 0 Å². The molecule has 3 unspecified atom stereocenters. The van der Waals surface area contributed by atoms with E-state index in [0.29, 0.717) is 12.1 Å². The number of carbonyl (C=O) groups excluding carboxylic acids is 1. The zero-order valence-electron chi connectivity index (χ0n) is 7.47. The molecule has 0 aromatic heterocycles. The van der Waals surface area contributed by atoms with Gasteiger partial charge in [-0.2, -0.15) is 0 Å². The summed E-state index contributed by atoms with van der Waals surface area (Å²) in [6.45, 7) is 2.91. The maximum Gasteiger partial charge on any atom is 0.224 e. The second kappa shape index (κ2) is 3.05. The van der Waals surface area contributed by atoms with Crippen molar-refractivity contribution in [3.05, 3.63) is 0 Å². The molecule has 12 heavy (non-hydrogen) atoms. The molecule has 0 aromatic rings. The van der Waals surface area contributed by atoms with Gasteiger partial charge < -0.3 is 10.6 Å². The van der Waals surface area contributed by atoms with Crippen molar-refractivity contribution in [2.75, 3.05) is 6.54 Å². The molecular weight excluding hydrogens is 152 g/mol. The highest BCUT2D eigenvalue weighted by Gasteiger charge is 2.35. The quantitative estimate of drug-likeness (QED) is 0.545. The van der Waals surface area contributed by atoms with E-state index >= 15 is 0 Å². The Morgan fingerprint density at radius 2 is 2.25 bits per heavy atom. The summed E-state index contributed by atoms with van der Waals surface area (Å²) in [6.07, 6.45) is 3.43. The minimum atomic E-state index is 0.245. The van der Waals surface area contributed by atoms with Gasteiger partial charge in [0.2, 0.25) is 5.91 Å². The van der Waals surface area contributed by atoms with Crippen LogP contribution < -0.4 is 10.6 Å². The fourth-order valence-electron chi connectivity index (χ4n) is 2.28. The Kier molecular flexibility index (Phi) is 2.05. The molecule has 1 aliphatic heterocycles. The highest BCUT2D eigenvalue weighted by molar-refractivity contribution is 5.80. The molecule has 1 aliphatic carbocycles. The molecular formula is C9H16N2O. The van der Waals surface area contributed by atoms with Crippen molar-refractivity contribution >= 4 is 5.91 Å². The molecule has 1 saturated heterocycles. The highest BCUT2D eigenvalue weighted by atomic mass is 16.2. The van der Waals surface area contributed by atoms with Crippen LogP contribution in [0.25, 0.3) is 0 Å². The summed E-state index contributed by atoms with van der Waals surface area (Å²) < 4.78 is 0. The monoisotopic (exact) mass is 168 g/mol. The lowest BCUT2D eigenvalue weighted by Gasteiger charge is -2.17. The Morgan fingerprint density at radius 3 is 3.08 bits per heavy atom. The third-order valence-electron chi connectivity index (χ3n) is 2.93. The largest absolute Gasteiger partial charge is 0.354 e. The van der Waals surface area contributed by atoms with E-state index in [-0.39, 0.29) is 11.8 Å². The van der Waals surface area contributed by atoms with E-state index in [1.54, 1.807) is 0 Å². The Bertz CT molecular complexity index is 193. The predicted octanol–water partition coefficient (Wildman–Crippen LogP) is 0.263.